The Morgan fingerprint density at radius 2 is 2.14 bits per heavy atom. The van der Waals surface area contributed by atoms with Crippen molar-refractivity contribution in [3.63, 3.8) is 0 Å². The molecule has 0 radical (unpaired) electrons. The third-order valence-electron chi connectivity index (χ3n) is 4.63. The Morgan fingerprint density at radius 3 is 2.71 bits per heavy atom. The molecule has 1 saturated heterocycles. The van der Waals surface area contributed by atoms with Gasteiger partial charge in [-0.1, -0.05) is 20.8 Å². The molecule has 5 nitrogen and oxygen atoms in total. The van der Waals surface area contributed by atoms with Crippen LogP contribution in [-0.4, -0.2) is 35.0 Å². The fourth-order valence-electron chi connectivity index (χ4n) is 2.85. The average molecular weight is 293 g/mol. The van der Waals surface area contributed by atoms with Gasteiger partial charge in [0.05, 0.1) is 11.8 Å². The van der Waals surface area contributed by atoms with Gasteiger partial charge in [0.25, 0.3) is 5.91 Å². The van der Waals surface area contributed by atoms with Crippen molar-refractivity contribution >= 4 is 11.9 Å². The lowest BCUT2D eigenvalue weighted by atomic mass is 9.75. The van der Waals surface area contributed by atoms with Gasteiger partial charge in [-0.25, -0.2) is 0 Å². The topological polar surface area (TPSA) is 70.7 Å². The SMILES string of the molecule is Cc1coc(CC(=O)O)c1C(=O)N1CCC(C)C(C)(C)C1. The molecular formula is C16H23NO4. The monoisotopic (exact) mass is 293 g/mol. The van der Waals surface area contributed by atoms with E-state index in [1.54, 1.807) is 6.92 Å². The molecule has 1 aromatic heterocycles. The minimum absolute atomic E-state index is 0.0680. The highest BCUT2D eigenvalue weighted by atomic mass is 16.4. The number of likely N-dealkylation sites (tertiary alicyclic amines) is 1. The molecular weight excluding hydrogens is 270 g/mol. The van der Waals surface area contributed by atoms with E-state index in [1.807, 2.05) is 4.90 Å². The summed E-state index contributed by atoms with van der Waals surface area (Å²) in [5, 5.41) is 8.93. The highest BCUT2D eigenvalue weighted by Gasteiger charge is 2.36. The second kappa shape index (κ2) is 5.54. The number of carbonyl (C=O) groups is 2. The van der Waals surface area contributed by atoms with Gasteiger partial charge in [0.15, 0.2) is 0 Å². The van der Waals surface area contributed by atoms with E-state index in [9.17, 15) is 9.59 Å². The lowest BCUT2D eigenvalue weighted by molar-refractivity contribution is -0.136. The van der Waals surface area contributed by atoms with E-state index >= 15 is 0 Å². The normalized spacial score (nSPS) is 21.3. The van der Waals surface area contributed by atoms with Crippen LogP contribution >= 0.6 is 0 Å². The van der Waals surface area contributed by atoms with E-state index in [2.05, 4.69) is 20.8 Å². The molecule has 1 aliphatic rings. The Balaban J connectivity index is 2.24. The Hall–Kier alpha value is -1.78. The molecule has 1 unspecified atom stereocenters. The van der Waals surface area contributed by atoms with E-state index in [0.717, 1.165) is 6.42 Å². The lowest BCUT2D eigenvalue weighted by Gasteiger charge is -2.43. The Morgan fingerprint density at radius 1 is 1.48 bits per heavy atom. The number of carboxylic acid groups (broad SMARTS) is 1. The summed E-state index contributed by atoms with van der Waals surface area (Å²) < 4.78 is 5.26. The van der Waals surface area contributed by atoms with E-state index in [0.29, 0.717) is 30.1 Å². The first kappa shape index (κ1) is 15.6. The van der Waals surface area contributed by atoms with Crippen molar-refractivity contribution in [1.29, 1.82) is 0 Å². The fourth-order valence-corrected chi connectivity index (χ4v) is 2.85. The number of rotatable bonds is 3. The van der Waals surface area contributed by atoms with Gasteiger partial charge in [0.1, 0.15) is 12.2 Å². The lowest BCUT2D eigenvalue weighted by Crippen LogP contribution is -2.47. The molecule has 116 valence electrons. The highest BCUT2D eigenvalue weighted by molar-refractivity contribution is 5.97. The number of aryl methyl sites for hydroxylation is 1. The van der Waals surface area contributed by atoms with Crippen molar-refractivity contribution in [3.8, 4) is 0 Å². The molecule has 0 spiro atoms. The van der Waals surface area contributed by atoms with Crippen molar-refractivity contribution in [2.24, 2.45) is 11.3 Å². The number of amides is 1. The highest BCUT2D eigenvalue weighted by Crippen LogP contribution is 2.35. The van der Waals surface area contributed by atoms with Gasteiger partial charge in [0, 0.05) is 18.7 Å². The Kier molecular flexibility index (Phi) is 4.12. The van der Waals surface area contributed by atoms with Crippen LogP contribution in [0.2, 0.25) is 0 Å². The summed E-state index contributed by atoms with van der Waals surface area (Å²) in [7, 11) is 0. The first-order valence-electron chi connectivity index (χ1n) is 7.30. The average Bonchev–Trinajstić information content (AvgIpc) is 2.72. The molecule has 2 rings (SSSR count). The smallest absolute Gasteiger partial charge is 0.311 e. The van der Waals surface area contributed by atoms with Crippen molar-refractivity contribution in [2.75, 3.05) is 13.1 Å². The first-order chi connectivity index (χ1) is 9.72. The quantitative estimate of drug-likeness (QED) is 0.930. The summed E-state index contributed by atoms with van der Waals surface area (Å²) in [6, 6.07) is 0. The number of hydrogen-bond acceptors (Lipinski definition) is 3. The second-order valence-corrected chi connectivity index (χ2v) is 6.69. The van der Waals surface area contributed by atoms with E-state index < -0.39 is 5.97 Å². The molecule has 21 heavy (non-hydrogen) atoms. The first-order valence-corrected chi connectivity index (χ1v) is 7.30. The maximum Gasteiger partial charge on any atom is 0.311 e. The van der Waals surface area contributed by atoms with Gasteiger partial charge in [-0.05, 0) is 24.7 Å². The van der Waals surface area contributed by atoms with E-state index in [1.165, 1.54) is 6.26 Å². The predicted octanol–water partition coefficient (Wildman–Crippen LogP) is 2.72. The van der Waals surface area contributed by atoms with Crippen LogP contribution in [0.3, 0.4) is 0 Å². The molecule has 1 aliphatic heterocycles. The van der Waals surface area contributed by atoms with Crippen LogP contribution in [0.25, 0.3) is 0 Å². The zero-order valence-corrected chi connectivity index (χ0v) is 13.1. The molecule has 0 bridgehead atoms. The third-order valence-corrected chi connectivity index (χ3v) is 4.63. The van der Waals surface area contributed by atoms with E-state index in [4.69, 9.17) is 9.52 Å². The van der Waals surface area contributed by atoms with Gasteiger partial charge in [-0.15, -0.1) is 0 Å². The van der Waals surface area contributed by atoms with E-state index in [-0.39, 0.29) is 23.5 Å². The molecule has 1 fully saturated rings. The molecule has 0 saturated carbocycles. The summed E-state index contributed by atoms with van der Waals surface area (Å²) in [6.45, 7) is 9.71. The number of carboxylic acids is 1. The third kappa shape index (κ3) is 3.12. The number of aliphatic carboxylic acids is 1. The van der Waals surface area contributed by atoms with Gasteiger partial charge in [-0.3, -0.25) is 9.59 Å². The number of carbonyl (C=O) groups excluding carboxylic acids is 1. The van der Waals surface area contributed by atoms with Crippen molar-refractivity contribution < 1.29 is 19.1 Å². The van der Waals surface area contributed by atoms with Crippen LogP contribution in [0.4, 0.5) is 0 Å². The minimum Gasteiger partial charge on any atom is -0.481 e. The molecule has 1 atom stereocenters. The van der Waals surface area contributed by atoms with Crippen molar-refractivity contribution in [2.45, 2.75) is 40.5 Å². The number of piperidine rings is 1. The van der Waals surface area contributed by atoms with Gasteiger partial charge < -0.3 is 14.4 Å². The van der Waals surface area contributed by atoms with Gasteiger partial charge in [0.2, 0.25) is 0 Å². The van der Waals surface area contributed by atoms with Crippen molar-refractivity contribution in [1.82, 2.24) is 4.90 Å². The van der Waals surface area contributed by atoms with Crippen LogP contribution in [0, 0.1) is 18.3 Å². The maximum absolute atomic E-state index is 12.8. The van der Waals surface area contributed by atoms with Crippen LogP contribution in [0.1, 0.15) is 48.9 Å². The molecule has 2 heterocycles. The largest absolute Gasteiger partial charge is 0.481 e. The summed E-state index contributed by atoms with van der Waals surface area (Å²) in [4.78, 5) is 25.5. The molecule has 1 N–H and O–H groups in total. The Bertz CT molecular complexity index is 559. The molecule has 1 amide bonds. The Labute approximate surface area is 124 Å². The summed E-state index contributed by atoms with van der Waals surface area (Å²) in [5.74, 6) is -0.296. The second-order valence-electron chi connectivity index (χ2n) is 6.69. The number of furan rings is 1. The zero-order chi connectivity index (χ0) is 15.8. The molecule has 0 aliphatic carbocycles. The summed E-state index contributed by atoms with van der Waals surface area (Å²) in [5.41, 5.74) is 1.19. The standard InChI is InChI=1S/C16H23NO4/c1-10-8-21-12(7-13(18)19)14(10)15(20)17-6-5-11(2)16(3,4)9-17/h8,11H,5-7,9H2,1-4H3,(H,18,19). The minimum atomic E-state index is -0.994. The van der Waals surface area contributed by atoms with Crippen LogP contribution in [0.15, 0.2) is 10.7 Å². The maximum atomic E-state index is 12.8. The molecule has 0 aromatic carbocycles. The fraction of sp³-hybridized carbons (Fsp3) is 0.625. The van der Waals surface area contributed by atoms with Crippen LogP contribution in [0.5, 0.6) is 0 Å². The van der Waals surface area contributed by atoms with Crippen LogP contribution < -0.4 is 0 Å². The number of hydrogen-bond donors (Lipinski definition) is 1. The predicted molar refractivity (Wildman–Crippen MR) is 78.3 cm³/mol. The number of nitrogens with zero attached hydrogens (tertiary/aromatic N) is 1. The molecule has 5 heteroatoms. The van der Waals surface area contributed by atoms with Gasteiger partial charge in [-0.2, -0.15) is 0 Å². The zero-order valence-electron chi connectivity index (χ0n) is 13.1. The van der Waals surface area contributed by atoms with Crippen molar-refractivity contribution in [3.05, 3.63) is 23.2 Å². The van der Waals surface area contributed by atoms with Gasteiger partial charge >= 0.3 is 5.97 Å². The van der Waals surface area contributed by atoms with Crippen LogP contribution in [-0.2, 0) is 11.2 Å². The summed E-state index contributed by atoms with van der Waals surface area (Å²) >= 11 is 0. The summed E-state index contributed by atoms with van der Waals surface area (Å²) in [6.07, 6.45) is 2.16. The molecule has 1 aromatic rings.